The van der Waals surface area contributed by atoms with Gasteiger partial charge in [0, 0.05) is 12.5 Å². The van der Waals surface area contributed by atoms with Crippen LogP contribution in [0.3, 0.4) is 0 Å². The second kappa shape index (κ2) is 3.11. The molecule has 2 aliphatic carbocycles. The first-order valence-electron chi connectivity index (χ1n) is 4.99. The van der Waals surface area contributed by atoms with E-state index in [9.17, 15) is 0 Å². The summed E-state index contributed by atoms with van der Waals surface area (Å²) in [5.74, 6) is 5.73. The van der Waals surface area contributed by atoms with Crippen LogP contribution in [0.1, 0.15) is 25.7 Å². The topological polar surface area (TPSA) is 12.0 Å². The van der Waals surface area contributed by atoms with Crippen LogP contribution < -0.4 is 5.32 Å². The molecule has 1 nitrogen and oxygen atoms in total. The van der Waals surface area contributed by atoms with Gasteiger partial charge in [0.05, 0.1) is 0 Å². The average molecular weight is 163 g/mol. The zero-order valence-corrected chi connectivity index (χ0v) is 7.72. The van der Waals surface area contributed by atoms with Gasteiger partial charge < -0.3 is 5.32 Å². The molecule has 66 valence electrons. The van der Waals surface area contributed by atoms with E-state index in [0.717, 1.165) is 24.2 Å². The van der Waals surface area contributed by atoms with Gasteiger partial charge in [0.15, 0.2) is 0 Å². The maximum Gasteiger partial charge on any atom is 0.0243 e. The number of hydrogen-bond acceptors (Lipinski definition) is 1. The molecule has 0 heterocycles. The van der Waals surface area contributed by atoms with Crippen LogP contribution in [0.4, 0.5) is 0 Å². The van der Waals surface area contributed by atoms with Gasteiger partial charge in [0.2, 0.25) is 0 Å². The molecule has 1 heteroatoms. The summed E-state index contributed by atoms with van der Waals surface area (Å²) in [6.45, 7) is 0. The summed E-state index contributed by atoms with van der Waals surface area (Å²) in [7, 11) is 2.04. The lowest BCUT2D eigenvalue weighted by molar-refractivity contribution is 0.437. The van der Waals surface area contributed by atoms with Crippen LogP contribution in [0.25, 0.3) is 0 Å². The molecule has 0 saturated heterocycles. The molecule has 1 N–H and O–H groups in total. The van der Waals surface area contributed by atoms with Gasteiger partial charge in [-0.25, -0.2) is 0 Å². The number of fused-ring (bicyclic) bond motifs is 1. The van der Waals surface area contributed by atoms with Crippen molar-refractivity contribution in [3.8, 4) is 12.3 Å². The first kappa shape index (κ1) is 8.13. The van der Waals surface area contributed by atoms with Crippen LogP contribution in [0.5, 0.6) is 0 Å². The predicted octanol–water partition coefficient (Wildman–Crippen LogP) is 1.64. The Morgan fingerprint density at radius 2 is 2.17 bits per heavy atom. The summed E-state index contributed by atoms with van der Waals surface area (Å²) in [5, 5.41) is 3.35. The van der Waals surface area contributed by atoms with Crippen LogP contribution in [-0.2, 0) is 0 Å². The number of nitrogens with one attached hydrogen (secondary N) is 1. The summed E-state index contributed by atoms with van der Waals surface area (Å²) < 4.78 is 0. The van der Waals surface area contributed by atoms with E-state index < -0.39 is 0 Å². The normalized spacial score (nSPS) is 40.2. The Hall–Kier alpha value is -0.480. The van der Waals surface area contributed by atoms with E-state index in [0.29, 0.717) is 6.04 Å². The molecule has 2 fully saturated rings. The lowest BCUT2D eigenvalue weighted by Gasteiger charge is -2.14. The van der Waals surface area contributed by atoms with Gasteiger partial charge in [-0.15, -0.1) is 12.3 Å². The molecule has 3 atom stereocenters. The molecule has 0 amide bonds. The first-order chi connectivity index (χ1) is 5.88. The van der Waals surface area contributed by atoms with Crippen molar-refractivity contribution in [3.05, 3.63) is 0 Å². The van der Waals surface area contributed by atoms with Crippen LogP contribution in [0.15, 0.2) is 0 Å². The number of rotatable bonds is 3. The average Bonchev–Trinajstić information content (AvgIpc) is 2.59. The summed E-state index contributed by atoms with van der Waals surface area (Å²) in [6, 6.07) is 0.602. The standard InChI is InChI=1S/C11H17N/c1-3-5-10(12-2)11-8-6-4-7-9(8)11/h1,8-12H,4-7H2,2H3. The van der Waals surface area contributed by atoms with Crippen molar-refractivity contribution in [1.29, 1.82) is 0 Å². The molecule has 0 spiro atoms. The molecule has 0 aromatic heterocycles. The molecule has 0 radical (unpaired) electrons. The van der Waals surface area contributed by atoms with Gasteiger partial charge in [-0.05, 0) is 37.6 Å². The minimum atomic E-state index is 0.602. The zero-order valence-electron chi connectivity index (χ0n) is 7.72. The Balaban J connectivity index is 1.89. The Kier molecular flexibility index (Phi) is 2.11. The highest BCUT2D eigenvalue weighted by atomic mass is 14.9. The molecule has 2 rings (SSSR count). The second-order valence-corrected chi connectivity index (χ2v) is 4.14. The van der Waals surface area contributed by atoms with Crippen molar-refractivity contribution in [2.45, 2.75) is 31.7 Å². The molecule has 2 aliphatic rings. The third-order valence-electron chi connectivity index (χ3n) is 3.65. The lowest BCUT2D eigenvalue weighted by atomic mass is 10.0. The maximum absolute atomic E-state index is 5.33. The van der Waals surface area contributed by atoms with E-state index in [1.165, 1.54) is 19.3 Å². The highest BCUT2D eigenvalue weighted by molar-refractivity contribution is 5.08. The van der Waals surface area contributed by atoms with E-state index >= 15 is 0 Å². The first-order valence-corrected chi connectivity index (χ1v) is 4.99. The molecule has 0 aromatic carbocycles. The minimum absolute atomic E-state index is 0.602. The Morgan fingerprint density at radius 3 is 2.67 bits per heavy atom. The van der Waals surface area contributed by atoms with Crippen molar-refractivity contribution in [1.82, 2.24) is 5.32 Å². The smallest absolute Gasteiger partial charge is 0.0243 e. The largest absolute Gasteiger partial charge is 0.316 e. The van der Waals surface area contributed by atoms with Crippen LogP contribution in [-0.4, -0.2) is 13.1 Å². The molecular weight excluding hydrogens is 146 g/mol. The maximum atomic E-state index is 5.33. The molecule has 2 saturated carbocycles. The van der Waals surface area contributed by atoms with Crippen molar-refractivity contribution in [2.24, 2.45) is 17.8 Å². The fourth-order valence-electron chi connectivity index (χ4n) is 3.03. The van der Waals surface area contributed by atoms with Crippen LogP contribution in [0.2, 0.25) is 0 Å². The summed E-state index contributed by atoms with van der Waals surface area (Å²) >= 11 is 0. The third-order valence-corrected chi connectivity index (χ3v) is 3.65. The van der Waals surface area contributed by atoms with Gasteiger partial charge in [-0.2, -0.15) is 0 Å². The Labute approximate surface area is 74.9 Å². The Morgan fingerprint density at radius 1 is 1.50 bits per heavy atom. The van der Waals surface area contributed by atoms with E-state index in [1.54, 1.807) is 0 Å². The SMILES string of the molecule is C#CCC(NC)C1C2CCCC21. The molecule has 3 unspecified atom stereocenters. The second-order valence-electron chi connectivity index (χ2n) is 4.14. The molecule has 0 aromatic rings. The quantitative estimate of drug-likeness (QED) is 0.624. The molecule has 0 aliphatic heterocycles. The lowest BCUT2D eigenvalue weighted by Crippen LogP contribution is -2.28. The predicted molar refractivity (Wildman–Crippen MR) is 50.6 cm³/mol. The molecule has 0 bridgehead atoms. The summed E-state index contributed by atoms with van der Waals surface area (Å²) in [6.07, 6.45) is 10.6. The van der Waals surface area contributed by atoms with Crippen molar-refractivity contribution < 1.29 is 0 Å². The summed E-state index contributed by atoms with van der Waals surface area (Å²) in [4.78, 5) is 0. The Bertz CT molecular complexity index is 194. The van der Waals surface area contributed by atoms with E-state index in [2.05, 4.69) is 11.2 Å². The van der Waals surface area contributed by atoms with Crippen LogP contribution in [0, 0.1) is 30.1 Å². The number of terminal acetylenes is 1. The minimum Gasteiger partial charge on any atom is -0.316 e. The van der Waals surface area contributed by atoms with Crippen LogP contribution >= 0.6 is 0 Å². The highest BCUT2D eigenvalue weighted by Crippen LogP contribution is 2.59. The zero-order chi connectivity index (χ0) is 8.55. The van der Waals surface area contributed by atoms with Crippen molar-refractivity contribution in [2.75, 3.05) is 7.05 Å². The van der Waals surface area contributed by atoms with Gasteiger partial charge in [0.1, 0.15) is 0 Å². The fourth-order valence-corrected chi connectivity index (χ4v) is 3.03. The van der Waals surface area contributed by atoms with Crippen molar-refractivity contribution in [3.63, 3.8) is 0 Å². The van der Waals surface area contributed by atoms with Gasteiger partial charge in [0.25, 0.3) is 0 Å². The highest BCUT2D eigenvalue weighted by Gasteiger charge is 2.55. The molecular formula is C11H17N. The number of hydrogen-bond donors (Lipinski definition) is 1. The van der Waals surface area contributed by atoms with E-state index in [1.807, 2.05) is 7.05 Å². The van der Waals surface area contributed by atoms with Gasteiger partial charge in [-0.1, -0.05) is 6.42 Å². The summed E-state index contributed by atoms with van der Waals surface area (Å²) in [5.41, 5.74) is 0. The van der Waals surface area contributed by atoms with E-state index in [4.69, 9.17) is 6.42 Å². The van der Waals surface area contributed by atoms with Gasteiger partial charge in [-0.3, -0.25) is 0 Å². The van der Waals surface area contributed by atoms with Crippen molar-refractivity contribution >= 4 is 0 Å². The van der Waals surface area contributed by atoms with E-state index in [-0.39, 0.29) is 0 Å². The molecule has 12 heavy (non-hydrogen) atoms. The monoisotopic (exact) mass is 163 g/mol. The fraction of sp³-hybridized carbons (Fsp3) is 0.818. The van der Waals surface area contributed by atoms with Gasteiger partial charge >= 0.3 is 0 Å². The third kappa shape index (κ3) is 1.15.